The zero-order valence-electron chi connectivity index (χ0n) is 6.45. The van der Waals surface area contributed by atoms with Gasteiger partial charge in [-0.15, -0.1) is 0 Å². The van der Waals surface area contributed by atoms with Gasteiger partial charge >= 0.3 is 0 Å². The Labute approximate surface area is 70.2 Å². The van der Waals surface area contributed by atoms with E-state index in [0.29, 0.717) is 12.0 Å². The fourth-order valence-electron chi connectivity index (χ4n) is 1.50. The van der Waals surface area contributed by atoms with Crippen molar-refractivity contribution in [1.82, 2.24) is 0 Å². The second-order valence-electron chi connectivity index (χ2n) is 2.80. The highest BCUT2D eigenvalue weighted by molar-refractivity contribution is 6.25. The van der Waals surface area contributed by atoms with Gasteiger partial charge in [0.15, 0.2) is 5.78 Å². The summed E-state index contributed by atoms with van der Waals surface area (Å²) in [6.07, 6.45) is 1.32. The summed E-state index contributed by atoms with van der Waals surface area (Å²) < 4.78 is 0. The molecule has 0 unspecified atom stereocenters. The van der Waals surface area contributed by atoms with Crippen molar-refractivity contribution < 1.29 is 9.90 Å². The maximum absolute atomic E-state index is 11.2. The Bertz CT molecular complexity index is 364. The minimum Gasteiger partial charge on any atom is -0.515 e. The van der Waals surface area contributed by atoms with Crippen LogP contribution in [0.1, 0.15) is 11.1 Å². The maximum Gasteiger partial charge on any atom is 0.170 e. The van der Waals surface area contributed by atoms with Crippen LogP contribution in [0, 0.1) is 0 Å². The van der Waals surface area contributed by atoms with Gasteiger partial charge in [0.05, 0.1) is 11.8 Å². The van der Waals surface area contributed by atoms with Crippen molar-refractivity contribution in [3.05, 3.63) is 41.7 Å². The molecular weight excluding hydrogens is 152 g/mol. The van der Waals surface area contributed by atoms with E-state index in [1.54, 1.807) is 0 Å². The van der Waals surface area contributed by atoms with Crippen molar-refractivity contribution in [3.8, 4) is 0 Å². The summed E-state index contributed by atoms with van der Waals surface area (Å²) in [5.74, 6) is -0.00120. The zero-order chi connectivity index (χ0) is 8.55. The van der Waals surface area contributed by atoms with E-state index in [-0.39, 0.29) is 5.78 Å². The lowest BCUT2D eigenvalue weighted by atomic mass is 10.1. The average Bonchev–Trinajstić information content (AvgIpc) is 2.40. The van der Waals surface area contributed by atoms with E-state index in [1.807, 2.05) is 24.3 Å². The van der Waals surface area contributed by atoms with Gasteiger partial charge in [-0.1, -0.05) is 24.3 Å². The second kappa shape index (κ2) is 2.48. The summed E-state index contributed by atoms with van der Waals surface area (Å²) in [6.45, 7) is 0. The predicted octanol–water partition coefficient (Wildman–Crippen LogP) is 1.71. The third-order valence-corrected chi connectivity index (χ3v) is 2.09. The van der Waals surface area contributed by atoms with Crippen molar-refractivity contribution in [2.45, 2.75) is 6.42 Å². The highest BCUT2D eigenvalue weighted by Crippen LogP contribution is 2.28. The van der Waals surface area contributed by atoms with Crippen LogP contribution in [0.4, 0.5) is 0 Å². The summed E-state index contributed by atoms with van der Waals surface area (Å²) in [4.78, 5) is 11.2. The molecule has 0 heterocycles. The number of aliphatic hydroxyl groups excluding tert-OH is 1. The van der Waals surface area contributed by atoms with Gasteiger partial charge in [-0.05, 0) is 11.1 Å². The molecule has 0 aliphatic heterocycles. The Kier molecular flexibility index (Phi) is 1.47. The van der Waals surface area contributed by atoms with E-state index in [4.69, 9.17) is 5.11 Å². The normalized spacial score (nSPS) is 18.3. The van der Waals surface area contributed by atoms with Crippen LogP contribution in [-0.4, -0.2) is 10.9 Å². The van der Waals surface area contributed by atoms with E-state index in [1.165, 1.54) is 0 Å². The number of rotatable bonds is 0. The number of fused-ring (bicyclic) bond motifs is 1. The number of allylic oxidation sites excluding steroid dienone is 1. The van der Waals surface area contributed by atoms with E-state index in [9.17, 15) is 4.79 Å². The van der Waals surface area contributed by atoms with Gasteiger partial charge in [-0.3, -0.25) is 4.79 Å². The first-order valence-corrected chi connectivity index (χ1v) is 3.79. The molecular formula is C10H8O2. The monoisotopic (exact) mass is 160 g/mol. The van der Waals surface area contributed by atoms with Gasteiger partial charge in [-0.25, -0.2) is 0 Å². The van der Waals surface area contributed by atoms with Crippen LogP contribution < -0.4 is 0 Å². The Morgan fingerprint density at radius 3 is 2.83 bits per heavy atom. The molecule has 60 valence electrons. The van der Waals surface area contributed by atoms with Crippen LogP contribution in [0.15, 0.2) is 30.5 Å². The topological polar surface area (TPSA) is 37.3 Å². The van der Waals surface area contributed by atoms with Crippen LogP contribution >= 0.6 is 0 Å². The lowest BCUT2D eigenvalue weighted by molar-refractivity contribution is -0.112. The van der Waals surface area contributed by atoms with Crippen molar-refractivity contribution in [2.75, 3.05) is 0 Å². The molecule has 2 heteroatoms. The number of aliphatic hydroxyl groups is 1. The molecule has 1 aliphatic carbocycles. The Balaban J connectivity index is 2.62. The highest BCUT2D eigenvalue weighted by atomic mass is 16.2. The number of carbonyl (C=O) groups is 1. The predicted molar refractivity (Wildman–Crippen MR) is 45.8 cm³/mol. The van der Waals surface area contributed by atoms with Gasteiger partial charge in [-0.2, -0.15) is 0 Å². The van der Waals surface area contributed by atoms with Crippen molar-refractivity contribution in [1.29, 1.82) is 0 Å². The van der Waals surface area contributed by atoms with Gasteiger partial charge in [0.2, 0.25) is 0 Å². The SMILES string of the molecule is O=C1Cc2ccccc2C1=CO. The fraction of sp³-hybridized carbons (Fsp3) is 0.100. The van der Waals surface area contributed by atoms with Crippen LogP contribution in [-0.2, 0) is 11.2 Å². The molecule has 2 nitrogen and oxygen atoms in total. The number of hydrogen-bond acceptors (Lipinski definition) is 2. The van der Waals surface area contributed by atoms with Gasteiger partial charge in [0.25, 0.3) is 0 Å². The highest BCUT2D eigenvalue weighted by Gasteiger charge is 2.23. The van der Waals surface area contributed by atoms with Crippen molar-refractivity contribution in [2.24, 2.45) is 0 Å². The van der Waals surface area contributed by atoms with Crippen LogP contribution in [0.25, 0.3) is 5.57 Å². The second-order valence-corrected chi connectivity index (χ2v) is 2.80. The molecule has 0 bridgehead atoms. The van der Waals surface area contributed by atoms with Gasteiger partial charge in [0, 0.05) is 6.42 Å². The van der Waals surface area contributed by atoms with E-state index in [2.05, 4.69) is 0 Å². The Morgan fingerprint density at radius 2 is 2.08 bits per heavy atom. The summed E-state index contributed by atoms with van der Waals surface area (Å²) in [6, 6.07) is 7.51. The molecule has 0 amide bonds. The number of Topliss-reactive ketones (excluding diaryl/α,β-unsaturated/α-hetero) is 1. The zero-order valence-corrected chi connectivity index (χ0v) is 6.45. The first kappa shape index (κ1) is 7.10. The van der Waals surface area contributed by atoms with Gasteiger partial charge < -0.3 is 5.11 Å². The summed E-state index contributed by atoms with van der Waals surface area (Å²) in [5.41, 5.74) is 2.30. The molecule has 0 spiro atoms. The van der Waals surface area contributed by atoms with E-state index < -0.39 is 0 Å². The number of carbonyl (C=O) groups excluding carboxylic acids is 1. The summed E-state index contributed by atoms with van der Waals surface area (Å²) in [7, 11) is 0. The smallest absolute Gasteiger partial charge is 0.170 e. The van der Waals surface area contributed by atoms with E-state index in [0.717, 1.165) is 17.4 Å². The van der Waals surface area contributed by atoms with Gasteiger partial charge in [0.1, 0.15) is 0 Å². The van der Waals surface area contributed by atoms with Crippen molar-refractivity contribution in [3.63, 3.8) is 0 Å². The largest absolute Gasteiger partial charge is 0.515 e. The fourth-order valence-corrected chi connectivity index (χ4v) is 1.50. The van der Waals surface area contributed by atoms with Crippen LogP contribution in [0.2, 0.25) is 0 Å². The first-order valence-electron chi connectivity index (χ1n) is 3.79. The molecule has 1 aromatic rings. The third-order valence-electron chi connectivity index (χ3n) is 2.09. The molecule has 1 N–H and O–H groups in total. The standard InChI is InChI=1S/C10H8O2/c11-6-9-8-4-2-1-3-7(8)5-10(9)12/h1-4,6,11H,5H2. The molecule has 0 atom stereocenters. The Morgan fingerprint density at radius 1 is 1.33 bits per heavy atom. The number of benzene rings is 1. The average molecular weight is 160 g/mol. The maximum atomic E-state index is 11.2. The molecule has 0 fully saturated rings. The molecule has 0 radical (unpaired) electrons. The third kappa shape index (κ3) is 0.848. The molecule has 1 aromatic carbocycles. The quantitative estimate of drug-likeness (QED) is 0.463. The molecule has 0 saturated heterocycles. The molecule has 12 heavy (non-hydrogen) atoms. The van der Waals surface area contributed by atoms with Crippen LogP contribution in [0.3, 0.4) is 0 Å². The minimum atomic E-state index is -0.00120. The minimum absolute atomic E-state index is 0.00120. The molecule has 1 aliphatic rings. The lowest BCUT2D eigenvalue weighted by Crippen LogP contribution is -1.92. The first-order chi connectivity index (χ1) is 5.83. The summed E-state index contributed by atoms with van der Waals surface area (Å²) >= 11 is 0. The number of hydrogen-bond donors (Lipinski definition) is 1. The molecule has 0 aromatic heterocycles. The van der Waals surface area contributed by atoms with Crippen molar-refractivity contribution >= 4 is 11.4 Å². The summed E-state index contributed by atoms with van der Waals surface area (Å²) in [5, 5.41) is 8.80. The number of ketones is 1. The van der Waals surface area contributed by atoms with E-state index >= 15 is 0 Å². The van der Waals surface area contributed by atoms with Crippen LogP contribution in [0.5, 0.6) is 0 Å². The lowest BCUT2D eigenvalue weighted by Gasteiger charge is -1.95. The Hall–Kier alpha value is -1.57. The molecule has 2 rings (SSSR count). The molecule has 0 saturated carbocycles.